The third kappa shape index (κ3) is 3.97. The van der Waals surface area contributed by atoms with E-state index in [1.165, 1.54) is 0 Å². The largest absolute Gasteiger partial charge is 0.356 e. The summed E-state index contributed by atoms with van der Waals surface area (Å²) < 4.78 is 32.0. The van der Waals surface area contributed by atoms with Gasteiger partial charge in [-0.3, -0.25) is 0 Å². The molecule has 0 saturated carbocycles. The molecule has 0 amide bonds. The van der Waals surface area contributed by atoms with E-state index in [0.29, 0.717) is 11.3 Å². The molecule has 5 nitrogen and oxygen atoms in total. The Morgan fingerprint density at radius 3 is 2.90 bits per heavy atom. The van der Waals surface area contributed by atoms with E-state index in [0.717, 1.165) is 17.6 Å². The summed E-state index contributed by atoms with van der Waals surface area (Å²) in [4.78, 5) is 0. The van der Waals surface area contributed by atoms with Gasteiger partial charge in [0.1, 0.15) is 11.4 Å². The highest BCUT2D eigenvalue weighted by Gasteiger charge is 2.19. The Hall–Kier alpha value is -1.05. The first-order chi connectivity index (χ1) is 9.52. The van der Waals surface area contributed by atoms with Crippen LogP contribution >= 0.6 is 11.8 Å². The summed E-state index contributed by atoms with van der Waals surface area (Å²) in [5.41, 5.74) is 1.05. The van der Waals surface area contributed by atoms with E-state index in [9.17, 15) is 8.42 Å². The van der Waals surface area contributed by atoms with E-state index in [4.69, 9.17) is 4.52 Å². The van der Waals surface area contributed by atoms with Gasteiger partial charge in [-0.25, -0.2) is 13.1 Å². The standard InChI is InChI=1S/C13H18N2O3S2/c1-10(7-8-19-2)15-20(16,17)9-12-11-5-3-4-6-13(11)18-14-12/h3-6,10,15H,7-9H2,1-2H3/t10-/m0/s1. The van der Waals surface area contributed by atoms with E-state index in [1.54, 1.807) is 17.8 Å². The van der Waals surface area contributed by atoms with Crippen LogP contribution in [-0.2, 0) is 15.8 Å². The molecular formula is C13H18N2O3S2. The van der Waals surface area contributed by atoms with Crippen LogP contribution in [0, 0.1) is 0 Å². The van der Waals surface area contributed by atoms with Gasteiger partial charge in [0.15, 0.2) is 5.58 Å². The SMILES string of the molecule is CSCC[C@H](C)NS(=O)(=O)Cc1noc2ccccc12. The van der Waals surface area contributed by atoms with Gasteiger partial charge in [-0.15, -0.1) is 0 Å². The number of benzene rings is 1. The van der Waals surface area contributed by atoms with Crippen LogP contribution in [-0.4, -0.2) is 31.6 Å². The van der Waals surface area contributed by atoms with Crippen molar-refractivity contribution >= 4 is 32.8 Å². The smallest absolute Gasteiger partial charge is 0.217 e. The molecular weight excluding hydrogens is 296 g/mol. The number of nitrogens with zero attached hydrogens (tertiary/aromatic N) is 1. The van der Waals surface area contributed by atoms with Crippen LogP contribution in [0.1, 0.15) is 19.0 Å². The Kier molecular flexibility index (Phi) is 5.06. The summed E-state index contributed by atoms with van der Waals surface area (Å²) in [6.45, 7) is 1.87. The van der Waals surface area contributed by atoms with Gasteiger partial charge in [0.2, 0.25) is 10.0 Å². The molecule has 0 aliphatic heterocycles. The van der Waals surface area contributed by atoms with Crippen LogP contribution in [0.2, 0.25) is 0 Å². The average Bonchev–Trinajstić information content (AvgIpc) is 2.79. The van der Waals surface area contributed by atoms with Crippen molar-refractivity contribution in [2.75, 3.05) is 12.0 Å². The lowest BCUT2D eigenvalue weighted by Gasteiger charge is -2.12. The molecule has 1 aromatic heterocycles. The molecule has 2 rings (SSSR count). The molecule has 1 N–H and O–H groups in total. The summed E-state index contributed by atoms with van der Waals surface area (Å²) in [6, 6.07) is 7.17. The van der Waals surface area contributed by atoms with E-state index in [-0.39, 0.29) is 11.8 Å². The van der Waals surface area contributed by atoms with Crippen molar-refractivity contribution in [3.8, 4) is 0 Å². The van der Waals surface area contributed by atoms with Gasteiger partial charge in [0.05, 0.1) is 0 Å². The zero-order valence-electron chi connectivity index (χ0n) is 11.5. The number of hydrogen-bond acceptors (Lipinski definition) is 5. The molecule has 0 fully saturated rings. The second-order valence-electron chi connectivity index (χ2n) is 4.68. The van der Waals surface area contributed by atoms with Gasteiger partial charge >= 0.3 is 0 Å². The van der Waals surface area contributed by atoms with Crippen molar-refractivity contribution in [2.24, 2.45) is 0 Å². The Bertz CT molecular complexity index is 667. The fourth-order valence-electron chi connectivity index (χ4n) is 1.92. The summed E-state index contributed by atoms with van der Waals surface area (Å²) in [7, 11) is -3.41. The van der Waals surface area contributed by atoms with Crippen LogP contribution in [0.4, 0.5) is 0 Å². The Labute approximate surface area is 123 Å². The highest BCUT2D eigenvalue weighted by molar-refractivity contribution is 7.98. The Balaban J connectivity index is 2.08. The van der Waals surface area contributed by atoms with Crippen LogP contribution in [0.25, 0.3) is 11.0 Å². The molecule has 1 aromatic carbocycles. The molecule has 0 unspecified atom stereocenters. The molecule has 1 atom stereocenters. The van der Waals surface area contributed by atoms with Gasteiger partial charge in [-0.2, -0.15) is 11.8 Å². The number of aromatic nitrogens is 1. The van der Waals surface area contributed by atoms with E-state index in [1.807, 2.05) is 31.4 Å². The predicted octanol–water partition coefficient (Wildman–Crippen LogP) is 2.39. The normalized spacial score (nSPS) is 13.7. The second-order valence-corrected chi connectivity index (χ2v) is 7.42. The van der Waals surface area contributed by atoms with Crippen LogP contribution in [0.3, 0.4) is 0 Å². The first-order valence-electron chi connectivity index (χ1n) is 6.34. The highest BCUT2D eigenvalue weighted by atomic mass is 32.2. The lowest BCUT2D eigenvalue weighted by atomic mass is 10.2. The number of thioether (sulfide) groups is 1. The highest BCUT2D eigenvalue weighted by Crippen LogP contribution is 2.19. The predicted molar refractivity (Wildman–Crippen MR) is 82.2 cm³/mol. The lowest BCUT2D eigenvalue weighted by Crippen LogP contribution is -2.34. The third-order valence-corrected chi connectivity index (χ3v) is 4.97. The van der Waals surface area contributed by atoms with Crippen LogP contribution < -0.4 is 4.72 Å². The van der Waals surface area contributed by atoms with Crippen molar-refractivity contribution in [3.05, 3.63) is 30.0 Å². The fraction of sp³-hybridized carbons (Fsp3) is 0.462. The van der Waals surface area contributed by atoms with Gasteiger partial charge in [0.25, 0.3) is 0 Å². The molecule has 2 aromatic rings. The zero-order valence-corrected chi connectivity index (χ0v) is 13.1. The van der Waals surface area contributed by atoms with E-state index in [2.05, 4.69) is 9.88 Å². The molecule has 1 heterocycles. The van der Waals surface area contributed by atoms with Gasteiger partial charge in [0, 0.05) is 11.4 Å². The minimum atomic E-state index is -3.41. The Morgan fingerprint density at radius 1 is 1.40 bits per heavy atom. The number of para-hydroxylation sites is 1. The molecule has 0 bridgehead atoms. The maximum Gasteiger partial charge on any atom is 0.217 e. The fourth-order valence-corrected chi connectivity index (χ4v) is 3.90. The van der Waals surface area contributed by atoms with Crippen molar-refractivity contribution in [1.29, 1.82) is 0 Å². The van der Waals surface area contributed by atoms with Gasteiger partial charge in [-0.1, -0.05) is 17.3 Å². The van der Waals surface area contributed by atoms with Crippen molar-refractivity contribution < 1.29 is 12.9 Å². The summed E-state index contributed by atoms with van der Waals surface area (Å²) in [6.07, 6.45) is 2.81. The van der Waals surface area contributed by atoms with Gasteiger partial charge in [-0.05, 0) is 37.5 Å². The van der Waals surface area contributed by atoms with Crippen molar-refractivity contribution in [3.63, 3.8) is 0 Å². The van der Waals surface area contributed by atoms with E-state index >= 15 is 0 Å². The van der Waals surface area contributed by atoms with Crippen molar-refractivity contribution in [1.82, 2.24) is 9.88 Å². The molecule has 0 aliphatic rings. The number of rotatable bonds is 7. The lowest BCUT2D eigenvalue weighted by molar-refractivity contribution is 0.448. The minimum absolute atomic E-state index is 0.0781. The number of hydrogen-bond donors (Lipinski definition) is 1. The molecule has 20 heavy (non-hydrogen) atoms. The quantitative estimate of drug-likeness (QED) is 0.849. The zero-order chi connectivity index (χ0) is 14.6. The first kappa shape index (κ1) is 15.3. The molecule has 0 saturated heterocycles. The average molecular weight is 314 g/mol. The molecule has 7 heteroatoms. The maximum absolute atomic E-state index is 12.1. The van der Waals surface area contributed by atoms with Crippen LogP contribution in [0.15, 0.2) is 28.8 Å². The molecule has 0 radical (unpaired) electrons. The minimum Gasteiger partial charge on any atom is -0.356 e. The molecule has 110 valence electrons. The Morgan fingerprint density at radius 2 is 2.15 bits per heavy atom. The number of sulfonamides is 1. The topological polar surface area (TPSA) is 72.2 Å². The third-order valence-electron chi connectivity index (χ3n) is 2.91. The molecule has 0 spiro atoms. The number of fused-ring (bicyclic) bond motifs is 1. The summed E-state index contributed by atoms with van der Waals surface area (Å²) >= 11 is 1.70. The van der Waals surface area contributed by atoms with E-state index < -0.39 is 10.0 Å². The van der Waals surface area contributed by atoms with Crippen LogP contribution in [0.5, 0.6) is 0 Å². The van der Waals surface area contributed by atoms with Crippen molar-refractivity contribution in [2.45, 2.75) is 25.1 Å². The van der Waals surface area contributed by atoms with Gasteiger partial charge < -0.3 is 4.52 Å². The summed E-state index contributed by atoms with van der Waals surface area (Å²) in [5, 5.41) is 4.60. The number of nitrogens with one attached hydrogen (secondary N) is 1. The monoisotopic (exact) mass is 314 g/mol. The second kappa shape index (κ2) is 6.60. The molecule has 0 aliphatic carbocycles. The maximum atomic E-state index is 12.1. The summed E-state index contributed by atoms with van der Waals surface area (Å²) in [5.74, 6) is 0.768. The first-order valence-corrected chi connectivity index (χ1v) is 9.38.